The number of rotatable bonds is 3. The highest BCUT2D eigenvalue weighted by Crippen LogP contribution is 2.21. The number of nitrogens with one attached hydrogen (secondary N) is 1. The molecule has 0 atom stereocenters. The first-order valence-electron chi connectivity index (χ1n) is 5.57. The topological polar surface area (TPSA) is 82.9 Å². The number of nitrogens with zero attached hydrogens (tertiary/aromatic N) is 2. The lowest BCUT2D eigenvalue weighted by Gasteiger charge is -2.10. The van der Waals surface area contributed by atoms with Gasteiger partial charge in [0.2, 0.25) is 0 Å². The van der Waals surface area contributed by atoms with E-state index in [2.05, 4.69) is 9.71 Å². The second-order valence-electron chi connectivity index (χ2n) is 4.06. The fraction of sp³-hybridized carbons (Fsp3) is 0.0769. The third-order valence-corrected chi connectivity index (χ3v) is 4.19. The van der Waals surface area contributed by atoms with E-state index in [4.69, 9.17) is 16.9 Å². The molecule has 0 aliphatic rings. The van der Waals surface area contributed by atoms with Crippen molar-refractivity contribution >= 4 is 27.3 Å². The monoisotopic (exact) mass is 307 g/mol. The van der Waals surface area contributed by atoms with Gasteiger partial charge in [-0.15, -0.1) is 0 Å². The number of benzene rings is 1. The van der Waals surface area contributed by atoms with Crippen LogP contribution in [0.4, 0.5) is 5.69 Å². The normalized spacial score (nSPS) is 10.8. The molecule has 0 aliphatic carbocycles. The summed E-state index contributed by atoms with van der Waals surface area (Å²) in [5.74, 6) is 0. The van der Waals surface area contributed by atoms with Crippen molar-refractivity contribution < 1.29 is 8.42 Å². The maximum Gasteiger partial charge on any atom is 0.262 e. The summed E-state index contributed by atoms with van der Waals surface area (Å²) >= 11 is 5.69. The highest BCUT2D eigenvalue weighted by Gasteiger charge is 2.16. The van der Waals surface area contributed by atoms with Crippen LogP contribution in [0.5, 0.6) is 0 Å². The van der Waals surface area contributed by atoms with Gasteiger partial charge in [0.25, 0.3) is 10.0 Å². The Morgan fingerprint density at radius 3 is 2.70 bits per heavy atom. The fourth-order valence-electron chi connectivity index (χ4n) is 1.56. The average Bonchev–Trinajstić information content (AvgIpc) is 2.41. The van der Waals surface area contributed by atoms with Crippen LogP contribution in [0.15, 0.2) is 41.4 Å². The maximum absolute atomic E-state index is 12.2. The molecule has 102 valence electrons. The molecular formula is C13H10ClN3O2S. The van der Waals surface area contributed by atoms with Crippen LogP contribution < -0.4 is 4.72 Å². The zero-order valence-corrected chi connectivity index (χ0v) is 12.0. The summed E-state index contributed by atoms with van der Waals surface area (Å²) < 4.78 is 26.9. The van der Waals surface area contributed by atoms with Crippen LogP contribution in [0.2, 0.25) is 5.15 Å². The van der Waals surface area contributed by atoms with Gasteiger partial charge in [0.05, 0.1) is 22.2 Å². The molecule has 0 saturated carbocycles. The zero-order chi connectivity index (χ0) is 14.8. The van der Waals surface area contributed by atoms with Crippen LogP contribution in [0, 0.1) is 18.3 Å². The minimum Gasteiger partial charge on any atom is -0.279 e. The predicted molar refractivity (Wildman–Crippen MR) is 75.9 cm³/mol. The van der Waals surface area contributed by atoms with Crippen molar-refractivity contribution in [1.29, 1.82) is 5.26 Å². The molecule has 0 aliphatic heterocycles. The van der Waals surface area contributed by atoms with Crippen molar-refractivity contribution in [3.8, 4) is 6.07 Å². The van der Waals surface area contributed by atoms with Gasteiger partial charge in [-0.3, -0.25) is 4.72 Å². The summed E-state index contributed by atoms with van der Waals surface area (Å²) in [7, 11) is -3.77. The number of anilines is 1. The number of nitriles is 1. The molecule has 1 heterocycles. The first kappa shape index (κ1) is 14.3. The summed E-state index contributed by atoms with van der Waals surface area (Å²) in [5.41, 5.74) is 1.45. The van der Waals surface area contributed by atoms with Crippen molar-refractivity contribution in [2.75, 3.05) is 4.72 Å². The number of hydrogen-bond acceptors (Lipinski definition) is 4. The van der Waals surface area contributed by atoms with E-state index >= 15 is 0 Å². The van der Waals surface area contributed by atoms with E-state index in [-0.39, 0.29) is 10.0 Å². The van der Waals surface area contributed by atoms with E-state index in [1.165, 1.54) is 24.4 Å². The van der Waals surface area contributed by atoms with Gasteiger partial charge in [0, 0.05) is 6.20 Å². The van der Waals surface area contributed by atoms with Crippen molar-refractivity contribution in [1.82, 2.24) is 4.98 Å². The van der Waals surface area contributed by atoms with Crippen LogP contribution in [0.1, 0.15) is 11.1 Å². The van der Waals surface area contributed by atoms with Crippen LogP contribution in [0.25, 0.3) is 0 Å². The second kappa shape index (κ2) is 5.49. The predicted octanol–water partition coefficient (Wildman–Crippen LogP) is 2.72. The Balaban J connectivity index is 2.41. The Morgan fingerprint density at radius 2 is 2.05 bits per heavy atom. The van der Waals surface area contributed by atoms with E-state index in [0.29, 0.717) is 16.8 Å². The molecule has 0 saturated heterocycles. The lowest BCUT2D eigenvalue weighted by Crippen LogP contribution is -2.14. The summed E-state index contributed by atoms with van der Waals surface area (Å²) in [6, 6.07) is 9.35. The third kappa shape index (κ3) is 3.07. The zero-order valence-electron chi connectivity index (χ0n) is 10.5. The molecule has 2 rings (SSSR count). The Labute approximate surface area is 121 Å². The van der Waals surface area contributed by atoms with Crippen molar-refractivity contribution in [3.05, 3.63) is 52.8 Å². The van der Waals surface area contributed by atoms with E-state index in [0.717, 1.165) is 0 Å². The Hall–Kier alpha value is -2.10. The molecule has 0 fully saturated rings. The molecule has 2 aromatic rings. The van der Waals surface area contributed by atoms with E-state index < -0.39 is 10.0 Å². The molecule has 0 bridgehead atoms. The summed E-state index contributed by atoms with van der Waals surface area (Å²) in [4.78, 5) is 3.75. The molecule has 0 radical (unpaired) electrons. The quantitative estimate of drug-likeness (QED) is 0.884. The van der Waals surface area contributed by atoms with Gasteiger partial charge in [-0.1, -0.05) is 17.7 Å². The Kier molecular flexibility index (Phi) is 3.93. The molecular weight excluding hydrogens is 298 g/mol. The van der Waals surface area contributed by atoms with Gasteiger partial charge >= 0.3 is 0 Å². The minimum absolute atomic E-state index is 0.0132. The highest BCUT2D eigenvalue weighted by molar-refractivity contribution is 7.92. The van der Waals surface area contributed by atoms with Crippen LogP contribution in [-0.2, 0) is 10.0 Å². The van der Waals surface area contributed by atoms with Gasteiger partial charge in [0.1, 0.15) is 5.15 Å². The summed E-state index contributed by atoms with van der Waals surface area (Å²) in [6.45, 7) is 1.75. The number of halogens is 1. The number of aromatic nitrogens is 1. The molecule has 0 amide bonds. The average molecular weight is 308 g/mol. The SMILES string of the molecule is Cc1ccc(C#N)cc1NS(=O)(=O)c1ccnc(Cl)c1. The number of sulfonamides is 1. The first-order valence-corrected chi connectivity index (χ1v) is 7.43. The number of pyridine rings is 1. The van der Waals surface area contributed by atoms with Gasteiger partial charge in [-0.25, -0.2) is 13.4 Å². The maximum atomic E-state index is 12.2. The standard InChI is InChI=1S/C13H10ClN3O2S/c1-9-2-3-10(8-15)6-12(9)17-20(18,19)11-4-5-16-13(14)7-11/h2-7,17H,1H3. The van der Waals surface area contributed by atoms with Gasteiger partial charge in [-0.05, 0) is 36.8 Å². The van der Waals surface area contributed by atoms with Crippen molar-refractivity contribution in [3.63, 3.8) is 0 Å². The van der Waals surface area contributed by atoms with Crippen molar-refractivity contribution in [2.24, 2.45) is 0 Å². The molecule has 1 aromatic carbocycles. The molecule has 7 heteroatoms. The summed E-state index contributed by atoms with van der Waals surface area (Å²) in [5, 5.41) is 8.94. The molecule has 1 aromatic heterocycles. The van der Waals surface area contributed by atoms with E-state index in [1.54, 1.807) is 19.1 Å². The first-order chi connectivity index (χ1) is 9.42. The smallest absolute Gasteiger partial charge is 0.262 e. The van der Waals surface area contributed by atoms with E-state index in [9.17, 15) is 8.42 Å². The molecule has 0 spiro atoms. The molecule has 1 N–H and O–H groups in total. The van der Waals surface area contributed by atoms with Crippen molar-refractivity contribution in [2.45, 2.75) is 11.8 Å². The lowest BCUT2D eigenvalue weighted by molar-refractivity contribution is 0.601. The largest absolute Gasteiger partial charge is 0.279 e. The number of hydrogen-bond donors (Lipinski definition) is 1. The highest BCUT2D eigenvalue weighted by atomic mass is 35.5. The van der Waals surface area contributed by atoms with Gasteiger partial charge in [0.15, 0.2) is 0 Å². The molecule has 20 heavy (non-hydrogen) atoms. The lowest BCUT2D eigenvalue weighted by atomic mass is 10.1. The number of aryl methyl sites for hydroxylation is 1. The Bertz CT molecular complexity index is 798. The third-order valence-electron chi connectivity index (χ3n) is 2.62. The Morgan fingerprint density at radius 1 is 1.30 bits per heavy atom. The van der Waals surface area contributed by atoms with E-state index in [1.807, 2.05) is 6.07 Å². The van der Waals surface area contributed by atoms with Crippen LogP contribution in [-0.4, -0.2) is 13.4 Å². The minimum atomic E-state index is -3.77. The van der Waals surface area contributed by atoms with Crippen LogP contribution in [0.3, 0.4) is 0 Å². The van der Waals surface area contributed by atoms with Crippen LogP contribution >= 0.6 is 11.6 Å². The fourth-order valence-corrected chi connectivity index (χ4v) is 2.93. The van der Waals surface area contributed by atoms with Gasteiger partial charge in [-0.2, -0.15) is 5.26 Å². The molecule has 5 nitrogen and oxygen atoms in total. The second-order valence-corrected chi connectivity index (χ2v) is 6.13. The van der Waals surface area contributed by atoms with Gasteiger partial charge < -0.3 is 0 Å². The summed E-state index contributed by atoms with van der Waals surface area (Å²) in [6.07, 6.45) is 1.31. The molecule has 0 unspecified atom stereocenters.